The topological polar surface area (TPSA) is 77.3 Å². The fourth-order valence-corrected chi connectivity index (χ4v) is 2.79. The van der Waals surface area contributed by atoms with Gasteiger partial charge in [0.05, 0.1) is 0 Å². The Kier molecular flexibility index (Phi) is 6.80. The van der Waals surface area contributed by atoms with E-state index in [4.69, 9.17) is 32.7 Å². The zero-order valence-corrected chi connectivity index (χ0v) is 17.4. The molecule has 0 amide bonds. The Bertz CT molecular complexity index is 811. The quantitative estimate of drug-likeness (QED) is 0.447. The molecule has 0 bridgehead atoms. The maximum atomic E-state index is 11.7. The molecular weight excluding hydrogens is 403 g/mol. The van der Waals surface area contributed by atoms with Crippen molar-refractivity contribution in [3.63, 3.8) is 0 Å². The third kappa shape index (κ3) is 5.53. The van der Waals surface area contributed by atoms with Crippen molar-refractivity contribution in [3.8, 4) is 0 Å². The van der Waals surface area contributed by atoms with Crippen molar-refractivity contribution in [2.24, 2.45) is 10.2 Å². The number of ether oxygens (including phenoxy) is 2. The second-order valence-electron chi connectivity index (χ2n) is 6.37. The second kappa shape index (κ2) is 8.71. The normalized spacial score (nSPS) is 15.5. The Morgan fingerprint density at radius 2 is 1.00 bits per heavy atom. The smallest absolute Gasteiger partial charge is 0.305 e. The van der Waals surface area contributed by atoms with Crippen LogP contribution < -0.4 is 0 Å². The molecule has 2 unspecified atom stereocenters. The third-order valence-corrected chi connectivity index (χ3v) is 4.38. The molecule has 0 aliphatic heterocycles. The molecule has 0 radical (unpaired) electrons. The molecule has 0 saturated heterocycles. The SMILES string of the molecule is CC(=O)OC(C)(/N=N/C(C)(OC(C)=O)c1ccc(Cl)cc1)c1ccc(Cl)cc1. The van der Waals surface area contributed by atoms with E-state index in [1.165, 1.54) is 13.8 Å². The Morgan fingerprint density at radius 1 is 0.714 bits per heavy atom. The highest BCUT2D eigenvalue weighted by Gasteiger charge is 2.35. The highest BCUT2D eigenvalue weighted by Crippen LogP contribution is 2.34. The van der Waals surface area contributed by atoms with Crippen LogP contribution in [0.2, 0.25) is 10.0 Å². The summed E-state index contributed by atoms with van der Waals surface area (Å²) in [6.45, 7) is 5.71. The summed E-state index contributed by atoms with van der Waals surface area (Å²) in [6.07, 6.45) is 0. The van der Waals surface area contributed by atoms with E-state index >= 15 is 0 Å². The van der Waals surface area contributed by atoms with Gasteiger partial charge in [-0.1, -0.05) is 47.5 Å². The summed E-state index contributed by atoms with van der Waals surface area (Å²) in [5.74, 6) is -1.09. The van der Waals surface area contributed by atoms with E-state index in [0.29, 0.717) is 21.2 Å². The first-order valence-electron chi connectivity index (χ1n) is 8.39. The van der Waals surface area contributed by atoms with Crippen LogP contribution in [0.5, 0.6) is 0 Å². The van der Waals surface area contributed by atoms with Crippen molar-refractivity contribution in [1.29, 1.82) is 0 Å². The number of hydrogen-bond acceptors (Lipinski definition) is 6. The van der Waals surface area contributed by atoms with Gasteiger partial charge >= 0.3 is 11.9 Å². The van der Waals surface area contributed by atoms with Gasteiger partial charge in [0.2, 0.25) is 11.4 Å². The lowest BCUT2D eigenvalue weighted by molar-refractivity contribution is -0.162. The first-order chi connectivity index (χ1) is 13.0. The van der Waals surface area contributed by atoms with E-state index in [1.54, 1.807) is 62.4 Å². The number of hydrogen-bond donors (Lipinski definition) is 0. The highest BCUT2D eigenvalue weighted by molar-refractivity contribution is 6.30. The molecule has 148 valence electrons. The molecule has 0 aromatic heterocycles. The number of esters is 2. The van der Waals surface area contributed by atoms with Gasteiger partial charge in [0.15, 0.2) is 0 Å². The van der Waals surface area contributed by atoms with Crippen LogP contribution in [0.15, 0.2) is 58.8 Å². The van der Waals surface area contributed by atoms with Crippen molar-refractivity contribution >= 4 is 35.1 Å². The van der Waals surface area contributed by atoms with E-state index in [1.807, 2.05) is 0 Å². The summed E-state index contributed by atoms with van der Waals surface area (Å²) in [6, 6.07) is 13.3. The number of halogens is 2. The molecule has 0 aliphatic carbocycles. The predicted molar refractivity (Wildman–Crippen MR) is 106 cm³/mol. The molecule has 2 aromatic carbocycles. The summed E-state index contributed by atoms with van der Waals surface area (Å²) in [4.78, 5) is 23.3. The van der Waals surface area contributed by atoms with Gasteiger partial charge in [-0.25, -0.2) is 0 Å². The fraction of sp³-hybridized carbons (Fsp3) is 0.300. The Labute approximate surface area is 173 Å². The lowest BCUT2D eigenvalue weighted by atomic mass is 10.0. The van der Waals surface area contributed by atoms with E-state index in [9.17, 15) is 9.59 Å². The molecule has 0 aliphatic rings. The lowest BCUT2D eigenvalue weighted by Crippen LogP contribution is -2.29. The molecule has 0 spiro atoms. The minimum absolute atomic E-state index is 0.525. The van der Waals surface area contributed by atoms with Gasteiger partial charge in [-0.05, 0) is 24.3 Å². The van der Waals surface area contributed by atoms with E-state index in [-0.39, 0.29) is 0 Å². The van der Waals surface area contributed by atoms with Gasteiger partial charge in [-0.2, -0.15) is 0 Å². The fourth-order valence-electron chi connectivity index (χ4n) is 2.54. The minimum Gasteiger partial charge on any atom is -0.431 e. The average molecular weight is 423 g/mol. The van der Waals surface area contributed by atoms with Gasteiger partial charge in [0.1, 0.15) is 0 Å². The molecule has 0 heterocycles. The first kappa shape index (κ1) is 21.9. The van der Waals surface area contributed by atoms with Crippen molar-refractivity contribution in [2.45, 2.75) is 39.1 Å². The lowest BCUT2D eigenvalue weighted by Gasteiger charge is -2.28. The van der Waals surface area contributed by atoms with Gasteiger partial charge in [-0.15, -0.1) is 10.2 Å². The van der Waals surface area contributed by atoms with E-state index < -0.39 is 23.4 Å². The summed E-state index contributed by atoms with van der Waals surface area (Å²) in [7, 11) is 0. The average Bonchev–Trinajstić information content (AvgIpc) is 2.60. The van der Waals surface area contributed by atoms with Crippen molar-refractivity contribution in [1.82, 2.24) is 0 Å². The van der Waals surface area contributed by atoms with Crippen LogP contribution in [0, 0.1) is 0 Å². The zero-order valence-electron chi connectivity index (χ0n) is 15.9. The van der Waals surface area contributed by atoms with Crippen LogP contribution >= 0.6 is 23.2 Å². The number of azo groups is 1. The molecule has 8 heteroatoms. The van der Waals surface area contributed by atoms with Crippen LogP contribution in [0.3, 0.4) is 0 Å². The highest BCUT2D eigenvalue weighted by atomic mass is 35.5. The first-order valence-corrected chi connectivity index (χ1v) is 9.15. The molecule has 2 rings (SSSR count). The number of carbonyl (C=O) groups excluding carboxylic acids is 2. The summed E-state index contributed by atoms with van der Waals surface area (Å²) < 4.78 is 10.8. The molecule has 6 nitrogen and oxygen atoms in total. The molecule has 2 atom stereocenters. The number of rotatable bonds is 6. The van der Waals surface area contributed by atoms with Crippen LogP contribution in [-0.4, -0.2) is 11.9 Å². The van der Waals surface area contributed by atoms with Gasteiger partial charge in [0.25, 0.3) is 0 Å². The predicted octanol–water partition coefficient (Wildman–Crippen LogP) is 5.62. The summed E-state index contributed by atoms with van der Waals surface area (Å²) >= 11 is 11.9. The Hall–Kier alpha value is -2.44. The van der Waals surface area contributed by atoms with Crippen LogP contribution in [0.25, 0.3) is 0 Å². The Balaban J connectivity index is 2.50. The maximum absolute atomic E-state index is 11.7. The molecule has 0 fully saturated rings. The van der Waals surface area contributed by atoms with Gasteiger partial charge in [-0.3, -0.25) is 9.59 Å². The largest absolute Gasteiger partial charge is 0.431 e. The standard InChI is InChI=1S/C20H20Cl2N2O4/c1-13(25)27-19(3,15-5-9-17(21)10-6-15)23-24-20(4,28-14(2)26)16-7-11-18(22)12-8-16/h5-12H,1-4H3/b24-23+. The van der Waals surface area contributed by atoms with Crippen LogP contribution in [0.1, 0.15) is 38.8 Å². The van der Waals surface area contributed by atoms with Crippen molar-refractivity contribution in [2.75, 3.05) is 0 Å². The van der Waals surface area contributed by atoms with Crippen molar-refractivity contribution in [3.05, 3.63) is 69.7 Å². The molecule has 0 N–H and O–H groups in total. The second-order valence-corrected chi connectivity index (χ2v) is 7.24. The van der Waals surface area contributed by atoms with Gasteiger partial charge in [0, 0.05) is 48.9 Å². The van der Waals surface area contributed by atoms with Crippen LogP contribution in [0.4, 0.5) is 0 Å². The van der Waals surface area contributed by atoms with Crippen molar-refractivity contribution < 1.29 is 19.1 Å². The number of carbonyl (C=O) groups is 2. The third-order valence-electron chi connectivity index (χ3n) is 3.88. The van der Waals surface area contributed by atoms with E-state index in [2.05, 4.69) is 10.2 Å². The maximum Gasteiger partial charge on any atom is 0.305 e. The molecular formula is C20H20Cl2N2O4. The van der Waals surface area contributed by atoms with Crippen LogP contribution in [-0.2, 0) is 30.5 Å². The van der Waals surface area contributed by atoms with Gasteiger partial charge < -0.3 is 9.47 Å². The zero-order chi connectivity index (χ0) is 20.9. The molecule has 0 saturated carbocycles. The summed E-state index contributed by atoms with van der Waals surface area (Å²) in [5, 5.41) is 9.55. The summed E-state index contributed by atoms with van der Waals surface area (Å²) in [5.41, 5.74) is -1.77. The molecule has 2 aromatic rings. The Morgan fingerprint density at radius 3 is 1.25 bits per heavy atom. The number of benzene rings is 2. The monoisotopic (exact) mass is 422 g/mol. The minimum atomic E-state index is -1.44. The molecule has 28 heavy (non-hydrogen) atoms. The van der Waals surface area contributed by atoms with E-state index in [0.717, 1.165) is 0 Å². The number of nitrogens with zero attached hydrogens (tertiary/aromatic N) is 2.